The van der Waals surface area contributed by atoms with E-state index in [1.54, 1.807) is 4.90 Å². The van der Waals surface area contributed by atoms with Crippen LogP contribution >= 0.6 is 0 Å². The summed E-state index contributed by atoms with van der Waals surface area (Å²) in [5.41, 5.74) is -0.541. The van der Waals surface area contributed by atoms with Crippen LogP contribution in [0.4, 0.5) is 4.79 Å². The molecule has 1 fully saturated rings. The first kappa shape index (κ1) is 20.2. The van der Waals surface area contributed by atoms with Crippen LogP contribution in [0.3, 0.4) is 0 Å². The largest absolute Gasteiger partial charge is 0.469 e. The number of esters is 1. The first-order valence-electron chi connectivity index (χ1n) is 8.13. The SMILES string of the molecule is COC(=O)CC(O)CNC(=O)C1CCN(C(=O)OC(C)(C)C)CC1. The van der Waals surface area contributed by atoms with E-state index in [4.69, 9.17) is 4.74 Å². The Morgan fingerprint density at radius 1 is 1.25 bits per heavy atom. The van der Waals surface area contributed by atoms with Gasteiger partial charge in [-0.3, -0.25) is 9.59 Å². The lowest BCUT2D eigenvalue weighted by Crippen LogP contribution is -2.45. The Bertz CT molecular complexity index is 452. The van der Waals surface area contributed by atoms with Gasteiger partial charge in [0.25, 0.3) is 0 Å². The van der Waals surface area contributed by atoms with E-state index in [1.165, 1.54) is 7.11 Å². The standard InChI is InChI=1S/C16H28N2O6/c1-16(2,3)24-15(22)18-7-5-11(6-8-18)14(21)17-10-12(19)9-13(20)23-4/h11-12,19H,5-10H2,1-4H3,(H,17,21). The predicted octanol–water partition coefficient (Wildman–Crippen LogP) is 0.674. The van der Waals surface area contributed by atoms with Gasteiger partial charge in [-0.15, -0.1) is 0 Å². The minimum Gasteiger partial charge on any atom is -0.469 e. The van der Waals surface area contributed by atoms with Crippen molar-refractivity contribution >= 4 is 18.0 Å². The van der Waals surface area contributed by atoms with Crippen molar-refractivity contribution in [2.24, 2.45) is 5.92 Å². The Labute approximate surface area is 142 Å². The van der Waals surface area contributed by atoms with Crippen LogP contribution in [0.5, 0.6) is 0 Å². The Kier molecular flexibility index (Phi) is 7.47. The number of carbonyl (C=O) groups is 3. The van der Waals surface area contributed by atoms with Crippen molar-refractivity contribution in [3.63, 3.8) is 0 Å². The topological polar surface area (TPSA) is 105 Å². The lowest BCUT2D eigenvalue weighted by atomic mass is 9.96. The van der Waals surface area contributed by atoms with E-state index in [9.17, 15) is 19.5 Å². The average molecular weight is 344 g/mol. The smallest absolute Gasteiger partial charge is 0.410 e. The molecule has 0 aliphatic carbocycles. The third kappa shape index (κ3) is 7.16. The molecule has 0 radical (unpaired) electrons. The average Bonchev–Trinajstić information content (AvgIpc) is 2.51. The Hall–Kier alpha value is -1.83. The van der Waals surface area contributed by atoms with Crippen LogP contribution in [0.2, 0.25) is 0 Å². The number of amides is 2. The zero-order valence-corrected chi connectivity index (χ0v) is 14.8. The third-order valence-electron chi connectivity index (χ3n) is 3.66. The highest BCUT2D eigenvalue weighted by Crippen LogP contribution is 2.19. The number of likely N-dealkylation sites (tertiary alicyclic amines) is 1. The number of aliphatic hydroxyl groups is 1. The normalized spacial score (nSPS) is 17.1. The van der Waals surface area contributed by atoms with Gasteiger partial charge in [0, 0.05) is 25.6 Å². The maximum atomic E-state index is 12.1. The van der Waals surface area contributed by atoms with Gasteiger partial charge in [0.2, 0.25) is 5.91 Å². The first-order valence-corrected chi connectivity index (χ1v) is 8.13. The van der Waals surface area contributed by atoms with Crippen LogP contribution in [0.15, 0.2) is 0 Å². The number of aliphatic hydroxyl groups excluding tert-OH is 1. The van der Waals surface area contributed by atoms with Crippen molar-refractivity contribution in [1.82, 2.24) is 10.2 Å². The number of ether oxygens (including phenoxy) is 2. The summed E-state index contributed by atoms with van der Waals surface area (Å²) in [6.07, 6.45) is -0.414. The molecule has 2 amide bonds. The summed E-state index contributed by atoms with van der Waals surface area (Å²) in [5.74, 6) is -0.917. The number of nitrogens with zero attached hydrogens (tertiary/aromatic N) is 1. The summed E-state index contributed by atoms with van der Waals surface area (Å²) in [6, 6.07) is 0. The number of nitrogens with one attached hydrogen (secondary N) is 1. The van der Waals surface area contributed by atoms with Crippen molar-refractivity contribution in [2.75, 3.05) is 26.7 Å². The molecule has 138 valence electrons. The Balaban J connectivity index is 2.33. The number of carbonyl (C=O) groups excluding carboxylic acids is 3. The molecule has 0 saturated carbocycles. The van der Waals surface area contributed by atoms with Crippen LogP contribution in [0, 0.1) is 5.92 Å². The lowest BCUT2D eigenvalue weighted by Gasteiger charge is -2.33. The zero-order valence-electron chi connectivity index (χ0n) is 14.8. The number of methoxy groups -OCH3 is 1. The molecule has 8 heteroatoms. The van der Waals surface area contributed by atoms with Gasteiger partial charge in [-0.25, -0.2) is 4.79 Å². The summed E-state index contributed by atoms with van der Waals surface area (Å²) in [5, 5.41) is 12.3. The minimum absolute atomic E-state index is 0.000212. The van der Waals surface area contributed by atoms with Gasteiger partial charge in [0.1, 0.15) is 5.60 Å². The molecule has 1 heterocycles. The van der Waals surface area contributed by atoms with E-state index in [1.807, 2.05) is 20.8 Å². The molecule has 1 rings (SSSR count). The molecule has 1 aliphatic heterocycles. The molecule has 2 N–H and O–H groups in total. The first-order chi connectivity index (χ1) is 11.1. The van der Waals surface area contributed by atoms with Crippen molar-refractivity contribution in [2.45, 2.75) is 51.7 Å². The van der Waals surface area contributed by atoms with Gasteiger partial charge in [0.15, 0.2) is 0 Å². The number of piperidine rings is 1. The molecule has 1 aliphatic rings. The monoisotopic (exact) mass is 344 g/mol. The van der Waals surface area contributed by atoms with Gasteiger partial charge in [-0.2, -0.15) is 0 Å². The van der Waals surface area contributed by atoms with E-state index in [2.05, 4.69) is 10.1 Å². The molecule has 0 spiro atoms. The third-order valence-corrected chi connectivity index (χ3v) is 3.66. The summed E-state index contributed by atoms with van der Waals surface area (Å²) in [4.78, 5) is 36.7. The van der Waals surface area contributed by atoms with Crippen molar-refractivity contribution in [3.05, 3.63) is 0 Å². The summed E-state index contributed by atoms with van der Waals surface area (Å²) in [7, 11) is 1.24. The molecule has 1 unspecified atom stereocenters. The van der Waals surface area contributed by atoms with Crippen LogP contribution in [0.1, 0.15) is 40.0 Å². The summed E-state index contributed by atoms with van der Waals surface area (Å²) < 4.78 is 9.76. The van der Waals surface area contributed by atoms with Crippen LogP contribution in [-0.4, -0.2) is 66.4 Å². The second-order valence-corrected chi connectivity index (χ2v) is 6.92. The highest BCUT2D eigenvalue weighted by Gasteiger charge is 2.30. The van der Waals surface area contributed by atoms with Gasteiger partial charge < -0.3 is 24.8 Å². The number of rotatable bonds is 5. The van der Waals surface area contributed by atoms with Gasteiger partial charge in [-0.1, -0.05) is 0 Å². The Morgan fingerprint density at radius 3 is 2.33 bits per heavy atom. The van der Waals surface area contributed by atoms with Gasteiger partial charge in [-0.05, 0) is 33.6 Å². The summed E-state index contributed by atoms with van der Waals surface area (Å²) >= 11 is 0. The zero-order chi connectivity index (χ0) is 18.3. The molecular weight excluding hydrogens is 316 g/mol. The van der Waals surface area contributed by atoms with E-state index < -0.39 is 17.7 Å². The van der Waals surface area contributed by atoms with E-state index >= 15 is 0 Å². The molecule has 0 bridgehead atoms. The molecular formula is C16H28N2O6. The molecule has 0 aromatic rings. The van der Waals surface area contributed by atoms with E-state index in [0.717, 1.165) is 0 Å². The van der Waals surface area contributed by atoms with Crippen LogP contribution < -0.4 is 5.32 Å². The van der Waals surface area contributed by atoms with E-state index in [0.29, 0.717) is 25.9 Å². The maximum Gasteiger partial charge on any atom is 0.410 e. The molecule has 8 nitrogen and oxygen atoms in total. The molecule has 1 saturated heterocycles. The fourth-order valence-electron chi connectivity index (χ4n) is 2.36. The quantitative estimate of drug-likeness (QED) is 0.710. The number of hydrogen-bond donors (Lipinski definition) is 2. The summed E-state index contributed by atoms with van der Waals surface area (Å²) in [6.45, 7) is 6.34. The van der Waals surface area contributed by atoms with Crippen molar-refractivity contribution in [3.8, 4) is 0 Å². The lowest BCUT2D eigenvalue weighted by molar-refractivity contribution is -0.143. The number of hydrogen-bond acceptors (Lipinski definition) is 6. The van der Waals surface area contributed by atoms with Crippen molar-refractivity contribution < 1.29 is 29.0 Å². The van der Waals surface area contributed by atoms with Crippen LogP contribution in [-0.2, 0) is 19.1 Å². The highest BCUT2D eigenvalue weighted by molar-refractivity contribution is 5.79. The second kappa shape index (κ2) is 8.86. The molecule has 0 aromatic carbocycles. The fraction of sp³-hybridized carbons (Fsp3) is 0.812. The fourth-order valence-corrected chi connectivity index (χ4v) is 2.36. The highest BCUT2D eigenvalue weighted by atomic mass is 16.6. The molecule has 1 atom stereocenters. The molecule has 0 aromatic heterocycles. The van der Waals surface area contributed by atoms with Gasteiger partial charge in [0.05, 0.1) is 19.6 Å². The van der Waals surface area contributed by atoms with E-state index in [-0.39, 0.29) is 30.9 Å². The predicted molar refractivity (Wildman–Crippen MR) is 86.2 cm³/mol. The van der Waals surface area contributed by atoms with Gasteiger partial charge >= 0.3 is 12.1 Å². The van der Waals surface area contributed by atoms with Crippen molar-refractivity contribution in [1.29, 1.82) is 0 Å². The molecule has 24 heavy (non-hydrogen) atoms. The maximum absolute atomic E-state index is 12.1. The van der Waals surface area contributed by atoms with Crippen LogP contribution in [0.25, 0.3) is 0 Å². The Morgan fingerprint density at radius 2 is 1.83 bits per heavy atom. The minimum atomic E-state index is -0.969. The second-order valence-electron chi connectivity index (χ2n) is 6.92.